The zero-order valence-corrected chi connectivity index (χ0v) is 8.26. The predicted octanol–water partition coefficient (Wildman–Crippen LogP) is 0.0178. The second-order valence-corrected chi connectivity index (χ2v) is 4.45. The third-order valence-electron chi connectivity index (χ3n) is 1.70. The van der Waals surface area contributed by atoms with Crippen LogP contribution >= 0.6 is 0 Å². The van der Waals surface area contributed by atoms with Crippen molar-refractivity contribution >= 4 is 15.9 Å². The van der Waals surface area contributed by atoms with Gasteiger partial charge in [0.15, 0.2) is 0 Å². The summed E-state index contributed by atoms with van der Waals surface area (Å²) in [5, 5.41) is 0. The van der Waals surface area contributed by atoms with Crippen molar-refractivity contribution in [3.63, 3.8) is 0 Å². The first kappa shape index (κ1) is 10.7. The first-order chi connectivity index (χ1) is 6.47. The molecule has 75 valence electrons. The maximum absolute atomic E-state index is 11.2. The minimum absolute atomic E-state index is 0.0741. The maximum Gasteiger partial charge on any atom is 0.269 e. The van der Waals surface area contributed by atoms with E-state index in [2.05, 4.69) is 4.72 Å². The fraction of sp³-hybridized carbons (Fsp3) is 0.125. The molecule has 0 saturated heterocycles. The van der Waals surface area contributed by atoms with E-state index in [0.29, 0.717) is 0 Å². The quantitative estimate of drug-likeness (QED) is 0.767. The van der Waals surface area contributed by atoms with E-state index >= 15 is 0 Å². The molecule has 0 atom stereocenters. The van der Waals surface area contributed by atoms with Crippen molar-refractivity contribution in [2.24, 2.45) is 0 Å². The Hall–Kier alpha value is -1.40. The Labute approximate surface area is 82.0 Å². The van der Waals surface area contributed by atoms with Crippen LogP contribution in [0.1, 0.15) is 10.4 Å². The summed E-state index contributed by atoms with van der Waals surface area (Å²) in [6.07, 6.45) is 0. The summed E-state index contributed by atoms with van der Waals surface area (Å²) in [6, 6.07) is 5.18. The molecule has 0 saturated carbocycles. The average molecular weight is 213 g/mol. The molecular formula is C8H9N2O3S. The molecule has 0 aliphatic heterocycles. The highest BCUT2D eigenvalue weighted by molar-refractivity contribution is 7.89. The second kappa shape index (κ2) is 3.77. The van der Waals surface area contributed by atoms with Gasteiger partial charge in [0.1, 0.15) is 0 Å². The molecule has 0 aliphatic carbocycles. The number of benzene rings is 1. The van der Waals surface area contributed by atoms with E-state index in [9.17, 15) is 13.2 Å². The van der Waals surface area contributed by atoms with Crippen LogP contribution in [0.5, 0.6) is 0 Å². The van der Waals surface area contributed by atoms with Gasteiger partial charge in [0.2, 0.25) is 10.0 Å². The molecule has 1 rings (SSSR count). The Kier molecular flexibility index (Phi) is 2.87. The zero-order valence-electron chi connectivity index (χ0n) is 7.44. The Morgan fingerprint density at radius 1 is 1.29 bits per heavy atom. The number of rotatable bonds is 3. The topological polar surface area (TPSA) is 87.0 Å². The lowest BCUT2D eigenvalue weighted by Gasteiger charge is -2.01. The molecule has 14 heavy (non-hydrogen) atoms. The summed E-state index contributed by atoms with van der Waals surface area (Å²) in [5.74, 6) is -0.835. The summed E-state index contributed by atoms with van der Waals surface area (Å²) < 4.78 is 24.6. The third-order valence-corrected chi connectivity index (χ3v) is 3.13. The molecule has 1 radical (unpaired) electrons. The molecule has 6 heteroatoms. The fourth-order valence-electron chi connectivity index (χ4n) is 0.903. The maximum atomic E-state index is 11.2. The van der Waals surface area contributed by atoms with Gasteiger partial charge in [-0.1, -0.05) is 0 Å². The SMILES string of the molecule is CNS(=O)(=O)c1ccc(C([NH])=O)cc1. The van der Waals surface area contributed by atoms with Crippen LogP contribution in [0.4, 0.5) is 0 Å². The smallest absolute Gasteiger partial charge is 0.267 e. The van der Waals surface area contributed by atoms with Crippen LogP contribution in [0, 0.1) is 0 Å². The Morgan fingerprint density at radius 2 is 1.79 bits per heavy atom. The van der Waals surface area contributed by atoms with Gasteiger partial charge in [0.25, 0.3) is 5.91 Å². The van der Waals surface area contributed by atoms with Gasteiger partial charge >= 0.3 is 0 Å². The normalized spacial score (nSPS) is 11.2. The Morgan fingerprint density at radius 3 is 2.14 bits per heavy atom. The van der Waals surface area contributed by atoms with Crippen molar-refractivity contribution < 1.29 is 13.2 Å². The van der Waals surface area contributed by atoms with Gasteiger partial charge in [-0.15, -0.1) is 0 Å². The standard InChI is InChI=1S/C8H9N2O3S/c1-10-14(12,13)7-4-2-6(3-5-7)8(9)11/h2-5,9-10H,1H3. The zero-order chi connectivity index (χ0) is 10.8. The highest BCUT2D eigenvalue weighted by atomic mass is 32.2. The van der Waals surface area contributed by atoms with E-state index < -0.39 is 15.9 Å². The predicted molar refractivity (Wildman–Crippen MR) is 50.1 cm³/mol. The molecule has 5 nitrogen and oxygen atoms in total. The summed E-state index contributed by atoms with van der Waals surface area (Å²) >= 11 is 0. The van der Waals surface area contributed by atoms with E-state index in [-0.39, 0.29) is 10.5 Å². The van der Waals surface area contributed by atoms with Gasteiger partial charge in [0, 0.05) is 5.56 Å². The highest BCUT2D eigenvalue weighted by Gasteiger charge is 2.11. The molecule has 0 spiro atoms. The number of sulfonamides is 1. The van der Waals surface area contributed by atoms with E-state index in [0.717, 1.165) is 0 Å². The number of amides is 1. The molecule has 0 bridgehead atoms. The third kappa shape index (κ3) is 2.09. The van der Waals surface area contributed by atoms with Crippen LogP contribution in [-0.4, -0.2) is 21.4 Å². The van der Waals surface area contributed by atoms with E-state index in [1.165, 1.54) is 31.3 Å². The molecule has 0 fully saturated rings. The van der Waals surface area contributed by atoms with Crippen LogP contribution in [-0.2, 0) is 10.0 Å². The second-order valence-electron chi connectivity index (χ2n) is 2.56. The van der Waals surface area contributed by atoms with Gasteiger partial charge in [-0.2, -0.15) is 0 Å². The van der Waals surface area contributed by atoms with Crippen molar-refractivity contribution in [3.05, 3.63) is 29.8 Å². The molecule has 1 amide bonds. The summed E-state index contributed by atoms with van der Waals surface area (Å²) in [6.45, 7) is 0. The molecule has 0 aliphatic rings. The first-order valence-electron chi connectivity index (χ1n) is 3.77. The highest BCUT2D eigenvalue weighted by Crippen LogP contribution is 2.09. The number of carbonyl (C=O) groups is 1. The lowest BCUT2D eigenvalue weighted by molar-refractivity contribution is 0.0992. The molecule has 2 N–H and O–H groups in total. The van der Waals surface area contributed by atoms with Gasteiger partial charge < -0.3 is 0 Å². The number of hydrogen-bond donors (Lipinski definition) is 1. The Balaban J connectivity index is 3.12. The molecule has 1 aromatic rings. The Bertz CT molecular complexity index is 436. The molecule has 1 aromatic carbocycles. The summed E-state index contributed by atoms with van der Waals surface area (Å²) in [4.78, 5) is 10.7. The number of hydrogen-bond acceptors (Lipinski definition) is 3. The van der Waals surface area contributed by atoms with Gasteiger partial charge in [0.05, 0.1) is 4.90 Å². The van der Waals surface area contributed by atoms with Gasteiger partial charge in [-0.05, 0) is 31.3 Å². The summed E-state index contributed by atoms with van der Waals surface area (Å²) in [5.41, 5.74) is 6.95. The van der Waals surface area contributed by atoms with Crippen molar-refractivity contribution in [1.82, 2.24) is 10.5 Å². The van der Waals surface area contributed by atoms with Crippen molar-refractivity contribution in [1.29, 1.82) is 0 Å². The van der Waals surface area contributed by atoms with E-state index in [4.69, 9.17) is 5.73 Å². The van der Waals surface area contributed by atoms with Crippen LogP contribution in [0.25, 0.3) is 0 Å². The van der Waals surface area contributed by atoms with Crippen LogP contribution in [0.2, 0.25) is 0 Å². The van der Waals surface area contributed by atoms with Crippen molar-refractivity contribution in [2.75, 3.05) is 7.05 Å². The van der Waals surface area contributed by atoms with Crippen molar-refractivity contribution in [2.45, 2.75) is 4.90 Å². The lowest BCUT2D eigenvalue weighted by atomic mass is 10.2. The molecule has 0 aromatic heterocycles. The minimum Gasteiger partial charge on any atom is -0.267 e. The lowest BCUT2D eigenvalue weighted by Crippen LogP contribution is -2.18. The molecular weight excluding hydrogens is 204 g/mol. The van der Waals surface area contributed by atoms with Gasteiger partial charge in [-0.3, -0.25) is 10.5 Å². The number of carbonyl (C=O) groups excluding carboxylic acids is 1. The molecule has 0 unspecified atom stereocenters. The number of nitrogens with one attached hydrogen (secondary N) is 2. The largest absolute Gasteiger partial charge is 0.269 e. The average Bonchev–Trinajstić information content (AvgIpc) is 2.18. The minimum atomic E-state index is -3.46. The molecule has 0 heterocycles. The van der Waals surface area contributed by atoms with E-state index in [1.807, 2.05) is 0 Å². The van der Waals surface area contributed by atoms with Gasteiger partial charge in [-0.25, -0.2) is 13.1 Å². The summed E-state index contributed by atoms with van der Waals surface area (Å²) in [7, 11) is -2.16. The van der Waals surface area contributed by atoms with Crippen LogP contribution in [0.15, 0.2) is 29.2 Å². The monoisotopic (exact) mass is 213 g/mol. The van der Waals surface area contributed by atoms with E-state index in [1.54, 1.807) is 0 Å². The fourth-order valence-corrected chi connectivity index (χ4v) is 1.63. The van der Waals surface area contributed by atoms with Crippen molar-refractivity contribution in [3.8, 4) is 0 Å². The van der Waals surface area contributed by atoms with Crippen LogP contribution in [0.3, 0.4) is 0 Å². The van der Waals surface area contributed by atoms with Crippen LogP contribution < -0.4 is 10.5 Å². The first-order valence-corrected chi connectivity index (χ1v) is 5.25.